The van der Waals surface area contributed by atoms with Crippen molar-refractivity contribution in [3.8, 4) is 17.3 Å². The highest BCUT2D eigenvalue weighted by Gasteiger charge is 2.34. The van der Waals surface area contributed by atoms with Gasteiger partial charge in [-0.1, -0.05) is 23.7 Å². The number of amides is 2. The van der Waals surface area contributed by atoms with Gasteiger partial charge in [0.2, 0.25) is 17.6 Å². The molecule has 0 bridgehead atoms. The number of anilines is 2. The third kappa shape index (κ3) is 7.70. The lowest BCUT2D eigenvalue weighted by Crippen LogP contribution is -2.51. The van der Waals surface area contributed by atoms with E-state index in [1.165, 1.54) is 9.80 Å². The molecule has 2 aromatic heterocycles. The van der Waals surface area contributed by atoms with Crippen LogP contribution in [0.4, 0.5) is 38.1 Å². The monoisotopic (exact) mass is 739 g/mol. The van der Waals surface area contributed by atoms with Crippen molar-refractivity contribution in [3.63, 3.8) is 0 Å². The molecule has 0 saturated carbocycles. The highest BCUT2D eigenvalue weighted by molar-refractivity contribution is 6.33. The van der Waals surface area contributed by atoms with E-state index in [-0.39, 0.29) is 49.2 Å². The minimum Gasteiger partial charge on any atom is -0.444 e. The first-order valence-corrected chi connectivity index (χ1v) is 15.9. The molecule has 51 heavy (non-hydrogen) atoms. The zero-order valence-corrected chi connectivity index (χ0v) is 28.1. The van der Waals surface area contributed by atoms with Crippen LogP contribution < -0.4 is 20.5 Å². The Kier molecular flexibility index (Phi) is 9.58. The summed E-state index contributed by atoms with van der Waals surface area (Å²) < 4.78 is 85.3. The van der Waals surface area contributed by atoms with Crippen molar-refractivity contribution >= 4 is 40.8 Å². The van der Waals surface area contributed by atoms with Crippen LogP contribution in [0.5, 0.6) is 5.88 Å². The normalized spacial score (nSPS) is 15.0. The van der Waals surface area contributed by atoms with Crippen LogP contribution in [0, 0.1) is 0 Å². The maximum atomic E-state index is 14.1. The fourth-order valence-electron chi connectivity index (χ4n) is 5.64. The van der Waals surface area contributed by atoms with Gasteiger partial charge in [-0.05, 0) is 56.2 Å². The first-order chi connectivity index (χ1) is 24.0. The molecule has 2 amide bonds. The molecule has 272 valence electrons. The van der Waals surface area contributed by atoms with Gasteiger partial charge in [0.1, 0.15) is 12.1 Å². The van der Waals surface area contributed by atoms with Gasteiger partial charge in [-0.2, -0.15) is 31.5 Å². The summed E-state index contributed by atoms with van der Waals surface area (Å²) in [4.78, 5) is 47.5. The fraction of sp³-hybridized carbons (Fsp3) is 0.406. The summed E-state index contributed by atoms with van der Waals surface area (Å²) in [7, 11) is 0. The number of halogens is 6. The number of hydrogen-bond acceptors (Lipinski definition) is 9. The van der Waals surface area contributed by atoms with Crippen LogP contribution in [0.15, 0.2) is 41.2 Å². The summed E-state index contributed by atoms with van der Waals surface area (Å²) in [5, 5.41) is 6.33. The van der Waals surface area contributed by atoms with E-state index < -0.39 is 59.0 Å². The Hall–Kier alpha value is -4.97. The number of benzene rings is 2. The van der Waals surface area contributed by atoms with Gasteiger partial charge in [0.25, 0.3) is 0 Å². The molecule has 19 heteroatoms. The number of hydrogen-bond donors (Lipinski definition) is 1. The molecule has 0 radical (unpaired) electrons. The number of ether oxygens (including phenoxy) is 3. The Morgan fingerprint density at radius 1 is 1.02 bits per heavy atom. The van der Waals surface area contributed by atoms with Gasteiger partial charge < -0.3 is 29.3 Å². The fourth-order valence-corrected chi connectivity index (χ4v) is 5.87. The molecule has 2 aliphatic rings. The van der Waals surface area contributed by atoms with Gasteiger partial charge in [0.05, 0.1) is 29.5 Å². The van der Waals surface area contributed by atoms with E-state index in [9.17, 15) is 36.3 Å². The SMILES string of the molecule is CC(C)(C)OC(=O)N1CCN(c2c(OC(F)F)n(CC(=O)Nc3ccc(C(F)(F)F)cc3Cl)c3nc(-c4ccc5c(c4)COC5)nn3c2=O)CC1. The van der Waals surface area contributed by atoms with E-state index >= 15 is 0 Å². The van der Waals surface area contributed by atoms with E-state index in [2.05, 4.69) is 15.4 Å². The van der Waals surface area contributed by atoms with Crippen molar-refractivity contribution in [2.75, 3.05) is 36.4 Å². The first-order valence-electron chi connectivity index (χ1n) is 15.6. The maximum Gasteiger partial charge on any atom is 0.416 e. The van der Waals surface area contributed by atoms with E-state index in [1.807, 2.05) is 0 Å². The maximum absolute atomic E-state index is 14.1. The molecule has 1 saturated heterocycles. The molecular formula is C32H31ClF5N7O6. The summed E-state index contributed by atoms with van der Waals surface area (Å²) >= 11 is 6.04. The van der Waals surface area contributed by atoms with Gasteiger partial charge in [-0.15, -0.1) is 5.10 Å². The number of alkyl halides is 5. The number of rotatable bonds is 7. The van der Waals surface area contributed by atoms with Crippen LogP contribution in [0.25, 0.3) is 17.2 Å². The number of nitrogens with one attached hydrogen (secondary N) is 1. The molecule has 0 spiro atoms. The topological polar surface area (TPSA) is 133 Å². The van der Waals surface area contributed by atoms with Gasteiger partial charge in [0, 0.05) is 31.7 Å². The molecule has 2 aliphatic heterocycles. The molecule has 2 aromatic carbocycles. The second-order valence-corrected chi connectivity index (χ2v) is 13.1. The highest BCUT2D eigenvalue weighted by Crippen LogP contribution is 2.35. The van der Waals surface area contributed by atoms with Crippen LogP contribution in [0.2, 0.25) is 5.02 Å². The molecule has 4 aromatic rings. The van der Waals surface area contributed by atoms with Crippen molar-refractivity contribution in [1.82, 2.24) is 24.1 Å². The molecule has 0 aliphatic carbocycles. The van der Waals surface area contributed by atoms with Crippen molar-refractivity contribution in [3.05, 3.63) is 68.5 Å². The van der Waals surface area contributed by atoms with Crippen molar-refractivity contribution in [2.45, 2.75) is 58.9 Å². The molecule has 1 N–H and O–H groups in total. The molecule has 13 nitrogen and oxygen atoms in total. The number of carbonyl (C=O) groups is 2. The summed E-state index contributed by atoms with van der Waals surface area (Å²) in [6.45, 7) is 1.65. The number of piperazine rings is 1. The van der Waals surface area contributed by atoms with E-state index in [1.54, 1.807) is 39.0 Å². The predicted molar refractivity (Wildman–Crippen MR) is 173 cm³/mol. The van der Waals surface area contributed by atoms with Gasteiger partial charge in [0.15, 0.2) is 11.5 Å². The smallest absolute Gasteiger partial charge is 0.416 e. The number of fused-ring (bicyclic) bond motifs is 2. The lowest BCUT2D eigenvalue weighted by molar-refractivity contribution is -0.137. The number of carbonyl (C=O) groups excluding carboxylic acids is 2. The molecule has 1 fully saturated rings. The van der Waals surface area contributed by atoms with Gasteiger partial charge in [-0.25, -0.2) is 4.79 Å². The Morgan fingerprint density at radius 2 is 1.73 bits per heavy atom. The quantitative estimate of drug-likeness (QED) is 0.242. The van der Waals surface area contributed by atoms with Crippen molar-refractivity contribution in [2.24, 2.45) is 0 Å². The van der Waals surface area contributed by atoms with Crippen LogP contribution in [0.3, 0.4) is 0 Å². The Balaban J connectivity index is 1.42. The summed E-state index contributed by atoms with van der Waals surface area (Å²) in [6, 6.07) is 7.55. The van der Waals surface area contributed by atoms with Crippen LogP contribution >= 0.6 is 11.6 Å². The standard InChI is InChI=1S/C32H31ClF5N7O6/c1-31(2,3)51-30(48)43-10-8-42(9-11-43)24-26(47)45-29(40-25(41-45)17-4-5-18-15-49-16-19(18)12-17)44(27(24)50-28(34)35)14-23(46)39-22-7-6-20(13-21(22)33)32(36,37)38/h4-7,12-13,28H,8-11,14-16H2,1-3H3,(H,39,46). The number of nitrogens with zero attached hydrogens (tertiary/aromatic N) is 6. The minimum atomic E-state index is -4.69. The van der Waals surface area contributed by atoms with Crippen molar-refractivity contribution in [1.29, 1.82) is 0 Å². The van der Waals surface area contributed by atoms with Crippen LogP contribution in [0.1, 0.15) is 37.5 Å². The lowest BCUT2D eigenvalue weighted by atomic mass is 10.1. The van der Waals surface area contributed by atoms with Crippen LogP contribution in [-0.2, 0) is 40.2 Å². The summed E-state index contributed by atoms with van der Waals surface area (Å²) in [6.07, 6.45) is -5.29. The van der Waals surface area contributed by atoms with Crippen LogP contribution in [-0.4, -0.2) is 74.5 Å². The van der Waals surface area contributed by atoms with Crippen molar-refractivity contribution < 1.29 is 45.8 Å². The average Bonchev–Trinajstić information content (AvgIpc) is 3.70. The Morgan fingerprint density at radius 3 is 2.37 bits per heavy atom. The van der Waals surface area contributed by atoms with Gasteiger partial charge >= 0.3 is 24.4 Å². The third-order valence-electron chi connectivity index (χ3n) is 7.97. The van der Waals surface area contributed by atoms with E-state index in [4.69, 9.17) is 25.8 Å². The molecule has 0 unspecified atom stereocenters. The minimum absolute atomic E-state index is 0.0146. The zero-order valence-electron chi connectivity index (χ0n) is 27.4. The van der Waals surface area contributed by atoms with Gasteiger partial charge in [-0.3, -0.25) is 14.2 Å². The van der Waals surface area contributed by atoms with E-state index in [0.29, 0.717) is 30.9 Å². The average molecular weight is 740 g/mol. The first kappa shape index (κ1) is 35.8. The summed E-state index contributed by atoms with van der Waals surface area (Å²) in [5.41, 5.74) is -1.01. The largest absolute Gasteiger partial charge is 0.444 e. The lowest BCUT2D eigenvalue weighted by Gasteiger charge is -2.37. The predicted octanol–water partition coefficient (Wildman–Crippen LogP) is 5.56. The molecular weight excluding hydrogens is 709 g/mol. The Bertz CT molecular complexity index is 2060. The summed E-state index contributed by atoms with van der Waals surface area (Å²) in [5.74, 6) is -1.96. The molecule has 0 atom stereocenters. The highest BCUT2D eigenvalue weighted by atomic mass is 35.5. The zero-order chi connectivity index (χ0) is 36.8. The third-order valence-corrected chi connectivity index (χ3v) is 8.29. The molecule has 6 rings (SSSR count). The van der Waals surface area contributed by atoms with E-state index in [0.717, 1.165) is 26.3 Å². The second kappa shape index (κ2) is 13.6. The second-order valence-electron chi connectivity index (χ2n) is 12.7. The molecule has 4 heterocycles. The number of aromatic nitrogens is 4. The Labute approximate surface area is 291 Å².